The average Bonchev–Trinajstić information content (AvgIpc) is 3.67. The van der Waals surface area contributed by atoms with Gasteiger partial charge >= 0.3 is 86.1 Å². The van der Waals surface area contributed by atoms with E-state index < -0.39 is 21.2 Å². The Labute approximate surface area is 464 Å². The van der Waals surface area contributed by atoms with Crippen molar-refractivity contribution < 1.29 is 108 Å². The molecule has 0 fully saturated rings. The predicted molar refractivity (Wildman–Crippen MR) is 261 cm³/mol. The smallest absolute Gasteiger partial charge is 0.379 e. The fourth-order valence-corrected chi connectivity index (χ4v) is 7.81. The van der Waals surface area contributed by atoms with Gasteiger partial charge in [0.05, 0.1) is 62.2 Å². The van der Waals surface area contributed by atoms with E-state index in [0.717, 1.165) is 71.2 Å². The second-order valence-corrected chi connectivity index (χ2v) is 17.6. The van der Waals surface area contributed by atoms with E-state index in [1.54, 1.807) is 0 Å². The van der Waals surface area contributed by atoms with E-state index in [9.17, 15) is 4.79 Å². The number of hydrogen-bond acceptors (Lipinski definition) is 13. The molecular weight excluding hydrogens is 980 g/mol. The van der Waals surface area contributed by atoms with Crippen LogP contribution in [0.3, 0.4) is 0 Å². The molecule has 0 saturated carbocycles. The second kappa shape index (κ2) is 34.0. The number of halogens is 1. The predicted octanol–water partition coefficient (Wildman–Crippen LogP) is 1.55. The van der Waals surface area contributed by atoms with Crippen LogP contribution in [0.25, 0.3) is 16.0 Å². The first-order valence-corrected chi connectivity index (χ1v) is 24.5. The molecule has 2 aliphatic heterocycles. The number of benzene rings is 2. The van der Waals surface area contributed by atoms with Gasteiger partial charge in [-0.2, -0.15) is 24.6 Å². The van der Waals surface area contributed by atoms with E-state index in [-0.39, 0.29) is 75.9 Å². The molecule has 22 heteroatoms. The molecule has 70 heavy (non-hydrogen) atoms. The molecule has 0 saturated heterocycles. The van der Waals surface area contributed by atoms with Crippen molar-refractivity contribution >= 4 is 61.5 Å². The molecule has 0 aliphatic carbocycles. The number of aromatic nitrogens is 1. The third kappa shape index (κ3) is 21.3. The number of carbonyl (C=O) groups excluding carboxylic acids is 1. The standard InChI is InChI=1S/C48H61ClN7O4.2Na.2O3S/c1-7-9-26-55-35-39(49)34-41-46(55)53-43(47(41,3)4)20-18-37(19-21-44-48(5,6)40-15-10-11-16-42(40)56(44)25-8-2)38-14-12-13-36(33-38)17-22-45(57)51-23-27-58-29-31-60-32-30-59-28-24-52-54-50;;;2*1-4(2)3/h11-16,18-21,33-35H,2,7-9,17,22-32H2,1,3-6H3,(H,51,57);;;;/q-1;2*+1;;. The fraction of sp³-hybridized carbons (Fsp3) is 0.458. The topological polar surface area (TPSA) is 227 Å². The zero-order chi connectivity index (χ0) is 50.1. The van der Waals surface area contributed by atoms with E-state index in [1.807, 2.05) is 12.3 Å². The summed E-state index contributed by atoms with van der Waals surface area (Å²) in [5, 5.41) is 7.10. The van der Waals surface area contributed by atoms with Gasteiger partial charge in [-0.1, -0.05) is 86.0 Å². The maximum absolute atomic E-state index is 12.8. The molecule has 368 valence electrons. The Bertz CT molecular complexity index is 2550. The Morgan fingerprint density at radius 3 is 2.27 bits per heavy atom. The summed E-state index contributed by atoms with van der Waals surface area (Å²) >= 11 is 6.66. The molecule has 5 rings (SSSR count). The Hall–Kier alpha value is -3.53. The van der Waals surface area contributed by atoms with Gasteiger partial charge in [-0.05, 0) is 84.1 Å². The number of hydrogen-bond donors (Lipinski definition) is 1. The molecule has 0 radical (unpaired) electrons. The number of allylic oxidation sites excluding steroid dienone is 6. The first kappa shape index (κ1) is 64.5. The Morgan fingerprint density at radius 1 is 0.971 bits per heavy atom. The van der Waals surface area contributed by atoms with E-state index in [2.05, 4.69) is 139 Å². The van der Waals surface area contributed by atoms with Crippen LogP contribution in [0.15, 0.2) is 94.8 Å². The van der Waals surface area contributed by atoms with Gasteiger partial charge in [-0.25, -0.2) is 4.57 Å². The third-order valence-corrected chi connectivity index (χ3v) is 11.1. The number of fused-ring (bicyclic) bond motifs is 2. The summed E-state index contributed by atoms with van der Waals surface area (Å²) in [6, 6.07) is 20.0. The Balaban J connectivity index is 0.00000227. The molecule has 17 nitrogen and oxygen atoms in total. The average molecular weight is 1040 g/mol. The molecule has 3 aromatic rings. The molecular formula is C48H61ClN7Na2O10S2+. The number of carbonyl (C=O) groups is 1. The van der Waals surface area contributed by atoms with Crippen LogP contribution < -0.4 is 73.9 Å². The van der Waals surface area contributed by atoms with Crippen molar-refractivity contribution in [1.82, 2.24) is 5.32 Å². The summed E-state index contributed by atoms with van der Waals surface area (Å²) < 4.78 is 69.2. The number of ether oxygens (including phenoxy) is 3. The van der Waals surface area contributed by atoms with Crippen LogP contribution in [0.2, 0.25) is 5.02 Å². The molecule has 0 spiro atoms. The van der Waals surface area contributed by atoms with E-state index in [1.165, 1.54) is 16.9 Å². The molecule has 0 atom stereocenters. The summed E-state index contributed by atoms with van der Waals surface area (Å²) in [6.45, 7) is 20.2. The van der Waals surface area contributed by atoms with Gasteiger partial charge in [0.2, 0.25) is 5.91 Å². The summed E-state index contributed by atoms with van der Waals surface area (Å²) in [4.78, 5) is 23.1. The van der Waals surface area contributed by atoms with Crippen LogP contribution in [0.1, 0.15) is 82.6 Å². The van der Waals surface area contributed by atoms with E-state index in [0.29, 0.717) is 65.6 Å². The summed E-state index contributed by atoms with van der Waals surface area (Å²) in [7, 11) is -6.22. The number of nitrogens with one attached hydrogen (secondary N) is 1. The van der Waals surface area contributed by atoms with Crippen LogP contribution in [-0.4, -0.2) is 96.1 Å². The summed E-state index contributed by atoms with van der Waals surface area (Å²) in [5.74, 6) is 0.942. The molecule has 2 aromatic carbocycles. The van der Waals surface area contributed by atoms with Crippen LogP contribution in [-0.2, 0) is 64.0 Å². The zero-order valence-corrected chi connectivity index (χ0v) is 47.7. The Morgan fingerprint density at radius 2 is 1.63 bits per heavy atom. The van der Waals surface area contributed by atoms with Crippen molar-refractivity contribution in [3.63, 3.8) is 0 Å². The number of nitrogens with zero attached hydrogens (tertiary/aromatic N) is 6. The quantitative estimate of drug-likeness (QED) is 0.0198. The van der Waals surface area contributed by atoms with Gasteiger partial charge in [0, 0.05) is 30.1 Å². The monoisotopic (exact) mass is 1040 g/mol. The number of unbranched alkanes of at least 4 members (excludes halogenated alkanes) is 1. The largest absolute Gasteiger partial charge is 1.00 e. The third-order valence-electron chi connectivity index (χ3n) is 10.9. The summed E-state index contributed by atoms with van der Waals surface area (Å²) in [6.07, 6.45) is 14.7. The minimum atomic E-state index is -3.11. The minimum Gasteiger partial charge on any atom is -0.379 e. The van der Waals surface area contributed by atoms with Crippen LogP contribution >= 0.6 is 11.6 Å². The maximum atomic E-state index is 12.8. The first-order valence-electron chi connectivity index (χ1n) is 22.1. The van der Waals surface area contributed by atoms with Gasteiger partial charge in [0.15, 0.2) is 5.71 Å². The summed E-state index contributed by atoms with van der Waals surface area (Å²) in [5.41, 5.74) is 16.6. The molecule has 1 amide bonds. The van der Waals surface area contributed by atoms with Crippen molar-refractivity contribution in [2.24, 2.45) is 10.1 Å². The number of rotatable bonds is 24. The van der Waals surface area contributed by atoms with Gasteiger partial charge < -0.3 is 31.4 Å². The second-order valence-electron chi connectivity index (χ2n) is 16.4. The minimum absolute atomic E-state index is 0. The maximum Gasteiger partial charge on any atom is 1.00 e. The molecule has 0 bridgehead atoms. The number of azide groups is 1. The zero-order valence-electron chi connectivity index (χ0n) is 41.3. The van der Waals surface area contributed by atoms with Crippen LogP contribution in [0.5, 0.6) is 0 Å². The normalized spacial score (nSPS) is 14.3. The molecule has 1 aromatic heterocycles. The van der Waals surface area contributed by atoms with Crippen molar-refractivity contribution in [2.75, 3.05) is 64.2 Å². The van der Waals surface area contributed by atoms with Crippen molar-refractivity contribution in [2.45, 2.75) is 84.1 Å². The van der Waals surface area contributed by atoms with E-state index in [4.69, 9.17) is 61.6 Å². The first-order chi connectivity index (χ1) is 32.5. The van der Waals surface area contributed by atoms with Gasteiger partial charge in [0.1, 0.15) is 6.20 Å². The number of anilines is 1. The molecule has 0 unspecified atom stereocenters. The van der Waals surface area contributed by atoms with Gasteiger partial charge in [0.25, 0.3) is 0 Å². The Kier molecular flexibility index (Phi) is 31.3. The molecule has 2 aliphatic rings. The fourth-order valence-electron chi connectivity index (χ4n) is 7.58. The van der Waals surface area contributed by atoms with Gasteiger partial charge in [-0.3, -0.25) is 4.79 Å². The van der Waals surface area contributed by atoms with Crippen LogP contribution in [0.4, 0.5) is 11.5 Å². The number of aryl methyl sites for hydroxylation is 2. The van der Waals surface area contributed by atoms with Crippen molar-refractivity contribution in [1.29, 1.82) is 0 Å². The molecule has 3 heterocycles. The number of amides is 1. The number of pyridine rings is 1. The number of aliphatic imine (C=N–C) groups is 1. The molecule has 1 N–H and O–H groups in total. The van der Waals surface area contributed by atoms with Crippen molar-refractivity contribution in [3.05, 3.63) is 135 Å². The van der Waals surface area contributed by atoms with E-state index >= 15 is 0 Å². The van der Waals surface area contributed by atoms with Crippen molar-refractivity contribution in [3.8, 4) is 0 Å². The van der Waals surface area contributed by atoms with Gasteiger partial charge in [-0.15, -0.1) is 36.9 Å². The van der Waals surface area contributed by atoms with Crippen LogP contribution in [0, 0.1) is 13.0 Å². The SMILES string of the molecule is O=S(=O)=O.O=S(=O)=O.[CH2-]CCN1\C(=C/C=C(/C=C/C2=Nc3c(cc(Cl)c[n+]3CCCC)C2(C)C)c2cccc(CCC(=O)NCCOCCOCCOCCN=[N+]=[N-])c2)C(C)(C)c2c[c-]ccc21.[Na+].[Na+].